The van der Waals surface area contributed by atoms with Crippen LogP contribution >= 0.6 is 8.53 Å². The second-order valence-electron chi connectivity index (χ2n) is 5.21. The van der Waals surface area contributed by atoms with Gasteiger partial charge in [-0.15, -0.1) is 0 Å². The minimum atomic E-state index is -1.24. The number of primary amides is 1. The van der Waals surface area contributed by atoms with Crippen molar-refractivity contribution in [2.45, 2.75) is 52.6 Å². The number of amides is 1. The van der Waals surface area contributed by atoms with E-state index in [2.05, 4.69) is 38.4 Å². The molecule has 0 aliphatic rings. The summed E-state index contributed by atoms with van der Waals surface area (Å²) in [6, 6.07) is 2.59. The molecule has 1 unspecified atom stereocenters. The Kier molecular flexibility index (Phi) is 12.3. The van der Waals surface area contributed by atoms with E-state index in [0.717, 1.165) is 0 Å². The van der Waals surface area contributed by atoms with Crippen LogP contribution in [-0.2, 0) is 18.6 Å². The molecule has 2 N–H and O–H groups in total. The first-order valence-corrected chi connectivity index (χ1v) is 8.60. The summed E-state index contributed by atoms with van der Waals surface area (Å²) in [5.74, 6) is -0.381. The van der Waals surface area contributed by atoms with Gasteiger partial charge in [-0.1, -0.05) is 0 Å². The molecule has 0 aromatic carbocycles. The number of carbonyl (C=O) groups is 1. The van der Waals surface area contributed by atoms with Gasteiger partial charge in [0, 0.05) is 18.5 Å². The fraction of sp³-hybridized carbons (Fsp3) is 0.857. The number of rotatable bonds is 13. The van der Waals surface area contributed by atoms with E-state index in [1.165, 1.54) is 0 Å². The third-order valence-corrected chi connectivity index (χ3v) is 4.69. The number of nitrogens with two attached hydrogens (primary N) is 1. The molecule has 1 atom stereocenters. The maximum Gasteiger partial charge on any atom is 0.259 e. The summed E-state index contributed by atoms with van der Waals surface area (Å²) in [6.45, 7) is 9.70. The Morgan fingerprint density at radius 1 is 1.14 bits per heavy atom. The molecule has 0 aromatic heterocycles. The Morgan fingerprint density at radius 3 is 2.23 bits per heavy atom. The normalized spacial score (nSPS) is 12.8. The Hall–Kier alpha value is -0.770. The fourth-order valence-corrected chi connectivity index (χ4v) is 3.34. The Bertz CT molecular complexity index is 339. The highest BCUT2D eigenvalue weighted by Gasteiger charge is 2.26. The zero-order valence-electron chi connectivity index (χ0n) is 13.9. The Morgan fingerprint density at radius 2 is 1.73 bits per heavy atom. The van der Waals surface area contributed by atoms with Crippen LogP contribution in [0.25, 0.3) is 0 Å². The largest absolute Gasteiger partial charge is 0.379 e. The summed E-state index contributed by atoms with van der Waals surface area (Å²) < 4.78 is 19.0. The molecule has 0 rings (SSSR count). The topological polar surface area (TPSA) is 97.8 Å². The molecule has 0 saturated heterocycles. The Labute approximate surface area is 134 Å². The molecule has 0 aliphatic heterocycles. The molecule has 1 amide bonds. The summed E-state index contributed by atoms with van der Waals surface area (Å²) in [6.07, 6.45) is 0.541. The summed E-state index contributed by atoms with van der Waals surface area (Å²) >= 11 is 0. The zero-order valence-corrected chi connectivity index (χ0v) is 14.8. The van der Waals surface area contributed by atoms with E-state index < -0.39 is 8.53 Å². The van der Waals surface area contributed by atoms with Crippen molar-refractivity contribution in [3.63, 3.8) is 0 Å². The summed E-state index contributed by atoms with van der Waals surface area (Å²) in [5, 5.41) is 8.62. The van der Waals surface area contributed by atoms with Crippen molar-refractivity contribution in [2.75, 3.05) is 26.4 Å². The van der Waals surface area contributed by atoms with E-state index in [1.54, 1.807) is 0 Å². The van der Waals surface area contributed by atoms with Gasteiger partial charge in [-0.05, 0) is 27.7 Å². The SMILES string of the molecule is CC(C)N(C(C)C)P(OCCC#N)OCCOCCC(N)=O. The van der Waals surface area contributed by atoms with Crippen molar-refractivity contribution in [3.8, 4) is 6.07 Å². The second kappa shape index (κ2) is 12.7. The summed E-state index contributed by atoms with van der Waals surface area (Å²) in [7, 11) is -1.24. The van der Waals surface area contributed by atoms with E-state index in [9.17, 15) is 4.79 Å². The lowest BCUT2D eigenvalue weighted by atomic mass is 10.3. The van der Waals surface area contributed by atoms with Crippen LogP contribution in [-0.4, -0.2) is 49.1 Å². The summed E-state index contributed by atoms with van der Waals surface area (Å²) in [4.78, 5) is 10.6. The first-order chi connectivity index (χ1) is 10.4. The minimum absolute atomic E-state index is 0.206. The number of nitrogens with zero attached hydrogens (tertiary/aromatic N) is 2. The van der Waals surface area contributed by atoms with Crippen molar-refractivity contribution in [1.82, 2.24) is 4.67 Å². The zero-order chi connectivity index (χ0) is 17.0. The maximum atomic E-state index is 10.6. The van der Waals surface area contributed by atoms with Crippen molar-refractivity contribution in [1.29, 1.82) is 5.26 Å². The predicted molar refractivity (Wildman–Crippen MR) is 85.8 cm³/mol. The van der Waals surface area contributed by atoms with E-state index in [-0.39, 0.29) is 24.4 Å². The molecule has 0 aromatic rings. The standard InChI is InChI=1S/C14H28N3O4P/c1-12(2)17(13(3)4)22(20-8-5-7-15)21-11-10-19-9-6-14(16)18/h12-13H,5-6,8-11H2,1-4H3,(H2,16,18). The van der Waals surface area contributed by atoms with Crippen LogP contribution in [0, 0.1) is 11.3 Å². The average molecular weight is 333 g/mol. The molecule has 0 heterocycles. The molecular weight excluding hydrogens is 305 g/mol. The molecule has 0 bridgehead atoms. The number of hydrogen-bond acceptors (Lipinski definition) is 6. The second-order valence-corrected chi connectivity index (χ2v) is 6.66. The van der Waals surface area contributed by atoms with Crippen LogP contribution in [0.2, 0.25) is 0 Å². The van der Waals surface area contributed by atoms with Crippen molar-refractivity contribution in [3.05, 3.63) is 0 Å². The number of carbonyl (C=O) groups excluding carboxylic acids is 1. The van der Waals surface area contributed by atoms with E-state index in [1.807, 2.05) is 0 Å². The van der Waals surface area contributed by atoms with Crippen LogP contribution in [0.1, 0.15) is 40.5 Å². The van der Waals surface area contributed by atoms with Crippen LogP contribution < -0.4 is 5.73 Å². The number of nitriles is 1. The van der Waals surface area contributed by atoms with E-state index in [4.69, 9.17) is 24.8 Å². The molecule has 7 nitrogen and oxygen atoms in total. The fourth-order valence-electron chi connectivity index (χ4n) is 1.76. The molecule has 0 fully saturated rings. The van der Waals surface area contributed by atoms with Gasteiger partial charge in [-0.2, -0.15) is 5.26 Å². The number of ether oxygens (including phenoxy) is 1. The van der Waals surface area contributed by atoms with Gasteiger partial charge in [0.25, 0.3) is 8.53 Å². The van der Waals surface area contributed by atoms with Gasteiger partial charge in [0.15, 0.2) is 0 Å². The van der Waals surface area contributed by atoms with Gasteiger partial charge >= 0.3 is 0 Å². The minimum Gasteiger partial charge on any atom is -0.379 e. The highest BCUT2D eigenvalue weighted by Crippen LogP contribution is 2.45. The molecule has 0 radical (unpaired) electrons. The highest BCUT2D eigenvalue weighted by molar-refractivity contribution is 7.44. The molecule has 8 heteroatoms. The van der Waals surface area contributed by atoms with Gasteiger partial charge < -0.3 is 19.5 Å². The highest BCUT2D eigenvalue weighted by atomic mass is 31.2. The van der Waals surface area contributed by atoms with Crippen LogP contribution in [0.4, 0.5) is 0 Å². The van der Waals surface area contributed by atoms with Gasteiger partial charge in [0.1, 0.15) is 0 Å². The number of hydrogen-bond donors (Lipinski definition) is 1. The van der Waals surface area contributed by atoms with Gasteiger partial charge in [-0.25, -0.2) is 4.67 Å². The van der Waals surface area contributed by atoms with Gasteiger partial charge in [0.05, 0.1) is 38.9 Å². The van der Waals surface area contributed by atoms with Crippen molar-refractivity contribution in [2.24, 2.45) is 5.73 Å². The van der Waals surface area contributed by atoms with Gasteiger partial charge in [-0.3, -0.25) is 4.79 Å². The van der Waals surface area contributed by atoms with Gasteiger partial charge in [0.2, 0.25) is 5.91 Å². The van der Waals surface area contributed by atoms with Crippen LogP contribution in [0.15, 0.2) is 0 Å². The predicted octanol–water partition coefficient (Wildman–Crippen LogP) is 2.17. The molecule has 0 spiro atoms. The molecular formula is C14H28N3O4P. The molecule has 128 valence electrons. The lowest BCUT2D eigenvalue weighted by Crippen LogP contribution is -2.34. The average Bonchev–Trinajstić information content (AvgIpc) is 2.41. The monoisotopic (exact) mass is 333 g/mol. The smallest absolute Gasteiger partial charge is 0.259 e. The molecule has 0 aliphatic carbocycles. The van der Waals surface area contributed by atoms with Crippen molar-refractivity contribution < 1.29 is 18.6 Å². The molecule has 22 heavy (non-hydrogen) atoms. The van der Waals surface area contributed by atoms with Crippen molar-refractivity contribution >= 4 is 14.4 Å². The lowest BCUT2D eigenvalue weighted by molar-refractivity contribution is -0.119. The third-order valence-electron chi connectivity index (χ3n) is 2.58. The van der Waals surface area contributed by atoms with E-state index >= 15 is 0 Å². The quantitative estimate of drug-likeness (QED) is 0.410. The van der Waals surface area contributed by atoms with Crippen LogP contribution in [0.3, 0.4) is 0 Å². The third kappa shape index (κ3) is 10.0. The molecule has 0 saturated carbocycles. The Balaban J connectivity index is 4.28. The van der Waals surface area contributed by atoms with E-state index in [0.29, 0.717) is 32.8 Å². The van der Waals surface area contributed by atoms with Crippen LogP contribution in [0.5, 0.6) is 0 Å². The summed E-state index contributed by atoms with van der Waals surface area (Å²) in [5.41, 5.74) is 5.03. The first-order valence-electron chi connectivity index (χ1n) is 7.47. The lowest BCUT2D eigenvalue weighted by Gasteiger charge is -2.35. The first kappa shape index (κ1) is 21.2. The maximum absolute atomic E-state index is 10.6.